The molecule has 0 aliphatic carbocycles. The molecule has 2 rings (SSSR count). The van der Waals surface area contributed by atoms with E-state index < -0.39 is 0 Å². The molecule has 0 bridgehead atoms. The van der Waals surface area contributed by atoms with Gasteiger partial charge in [0.1, 0.15) is 0 Å². The molecule has 0 unspecified atom stereocenters. The predicted octanol–water partition coefficient (Wildman–Crippen LogP) is 2.20. The maximum absolute atomic E-state index is 10.9. The first kappa shape index (κ1) is 10.8. The third-order valence-electron chi connectivity index (χ3n) is 2.25. The minimum Gasteiger partial charge on any atom is -0.319 e. The first-order chi connectivity index (χ1) is 7.68. The van der Waals surface area contributed by atoms with Crippen molar-refractivity contribution in [3.05, 3.63) is 40.5 Å². The Bertz CT molecular complexity index is 566. The number of hydrogen-bond acceptors (Lipinski definition) is 2. The standard InChI is InChI=1S/C12H12N2OS/c1-9(15)13-12-14(2)11(8-16-12)10-6-4-3-5-7-10/h3-8H,1-2H3. The van der Waals surface area contributed by atoms with Gasteiger partial charge in [-0.2, -0.15) is 4.99 Å². The van der Waals surface area contributed by atoms with Crippen LogP contribution in [-0.2, 0) is 11.8 Å². The van der Waals surface area contributed by atoms with Crippen LogP contribution in [0.2, 0.25) is 0 Å². The SMILES string of the molecule is CC(=O)N=c1scc(-c2ccccc2)n1C. The molecule has 1 heterocycles. The van der Waals surface area contributed by atoms with Crippen molar-refractivity contribution in [2.75, 3.05) is 0 Å². The molecule has 0 N–H and O–H groups in total. The van der Waals surface area contributed by atoms with Gasteiger partial charge in [-0.15, -0.1) is 11.3 Å². The van der Waals surface area contributed by atoms with Gasteiger partial charge in [0, 0.05) is 19.4 Å². The van der Waals surface area contributed by atoms with E-state index in [0.29, 0.717) is 0 Å². The normalized spacial score (nSPS) is 11.8. The summed E-state index contributed by atoms with van der Waals surface area (Å²) in [6, 6.07) is 10.1. The average Bonchev–Trinajstić information content (AvgIpc) is 2.61. The highest BCUT2D eigenvalue weighted by molar-refractivity contribution is 7.07. The number of aromatic nitrogens is 1. The molecular formula is C12H12N2OS. The lowest BCUT2D eigenvalue weighted by Crippen LogP contribution is -2.13. The summed E-state index contributed by atoms with van der Waals surface area (Å²) in [7, 11) is 1.92. The Morgan fingerprint density at radius 1 is 1.31 bits per heavy atom. The molecular weight excluding hydrogens is 220 g/mol. The summed E-state index contributed by atoms with van der Waals surface area (Å²) >= 11 is 1.47. The molecule has 0 radical (unpaired) electrons. The fraction of sp³-hybridized carbons (Fsp3) is 0.167. The molecule has 82 valence electrons. The molecule has 3 nitrogen and oxygen atoms in total. The van der Waals surface area contributed by atoms with Crippen molar-refractivity contribution in [2.45, 2.75) is 6.92 Å². The van der Waals surface area contributed by atoms with E-state index in [1.165, 1.54) is 18.3 Å². The van der Waals surface area contributed by atoms with Crippen molar-refractivity contribution in [3.63, 3.8) is 0 Å². The smallest absolute Gasteiger partial charge is 0.245 e. The quantitative estimate of drug-likeness (QED) is 0.742. The van der Waals surface area contributed by atoms with Crippen LogP contribution >= 0.6 is 11.3 Å². The van der Waals surface area contributed by atoms with E-state index in [1.807, 2.05) is 47.3 Å². The van der Waals surface area contributed by atoms with E-state index in [1.54, 1.807) is 0 Å². The van der Waals surface area contributed by atoms with Gasteiger partial charge in [0.05, 0.1) is 5.69 Å². The molecule has 0 fully saturated rings. The molecule has 2 aromatic rings. The van der Waals surface area contributed by atoms with Gasteiger partial charge in [-0.25, -0.2) is 0 Å². The molecule has 1 aromatic carbocycles. The van der Waals surface area contributed by atoms with Gasteiger partial charge in [0.25, 0.3) is 0 Å². The third kappa shape index (κ3) is 2.12. The van der Waals surface area contributed by atoms with Crippen molar-refractivity contribution in [3.8, 4) is 11.3 Å². The van der Waals surface area contributed by atoms with E-state index in [9.17, 15) is 4.79 Å². The Morgan fingerprint density at radius 3 is 2.62 bits per heavy atom. The number of amides is 1. The maximum Gasteiger partial charge on any atom is 0.245 e. The van der Waals surface area contributed by atoms with E-state index in [4.69, 9.17) is 0 Å². The monoisotopic (exact) mass is 232 g/mol. The van der Waals surface area contributed by atoms with Crippen LogP contribution in [-0.4, -0.2) is 10.5 Å². The van der Waals surface area contributed by atoms with Gasteiger partial charge in [-0.1, -0.05) is 30.3 Å². The average molecular weight is 232 g/mol. The summed E-state index contributed by atoms with van der Waals surface area (Å²) < 4.78 is 1.93. The fourth-order valence-corrected chi connectivity index (χ4v) is 2.43. The van der Waals surface area contributed by atoms with Gasteiger partial charge in [-0.3, -0.25) is 4.79 Å². The minimum atomic E-state index is -0.169. The lowest BCUT2D eigenvalue weighted by molar-refractivity contribution is -0.116. The Balaban J connectivity index is 2.54. The minimum absolute atomic E-state index is 0.169. The van der Waals surface area contributed by atoms with Crippen LogP contribution in [0.1, 0.15) is 6.92 Å². The summed E-state index contributed by atoms with van der Waals surface area (Å²) in [6.45, 7) is 1.46. The number of carbonyl (C=O) groups excluding carboxylic acids is 1. The summed E-state index contributed by atoms with van der Waals surface area (Å²) in [5, 5.41) is 2.01. The topological polar surface area (TPSA) is 34.4 Å². The highest BCUT2D eigenvalue weighted by Crippen LogP contribution is 2.18. The zero-order valence-corrected chi connectivity index (χ0v) is 9.99. The van der Waals surface area contributed by atoms with Crippen molar-refractivity contribution in [1.82, 2.24) is 4.57 Å². The number of carbonyl (C=O) groups is 1. The number of hydrogen-bond donors (Lipinski definition) is 0. The number of rotatable bonds is 1. The molecule has 0 saturated heterocycles. The molecule has 16 heavy (non-hydrogen) atoms. The molecule has 0 spiro atoms. The molecule has 0 aliphatic rings. The van der Waals surface area contributed by atoms with E-state index in [0.717, 1.165) is 16.1 Å². The van der Waals surface area contributed by atoms with E-state index >= 15 is 0 Å². The van der Waals surface area contributed by atoms with E-state index in [-0.39, 0.29) is 5.91 Å². The summed E-state index contributed by atoms with van der Waals surface area (Å²) in [4.78, 5) is 15.6. The van der Waals surface area contributed by atoms with Crippen molar-refractivity contribution >= 4 is 17.2 Å². The van der Waals surface area contributed by atoms with Gasteiger partial charge in [0.2, 0.25) is 5.91 Å². The number of benzene rings is 1. The molecule has 1 aromatic heterocycles. The van der Waals surface area contributed by atoms with Crippen LogP contribution in [0.25, 0.3) is 11.3 Å². The molecule has 0 saturated carbocycles. The van der Waals surface area contributed by atoms with Gasteiger partial charge >= 0.3 is 0 Å². The lowest BCUT2D eigenvalue weighted by Gasteiger charge is -2.01. The van der Waals surface area contributed by atoms with Crippen molar-refractivity contribution in [2.24, 2.45) is 12.0 Å². The summed E-state index contributed by atoms with van der Waals surface area (Å²) in [5.74, 6) is -0.169. The highest BCUT2D eigenvalue weighted by atomic mass is 32.1. The van der Waals surface area contributed by atoms with Crippen molar-refractivity contribution < 1.29 is 4.79 Å². The van der Waals surface area contributed by atoms with Crippen LogP contribution in [0.15, 0.2) is 40.7 Å². The largest absolute Gasteiger partial charge is 0.319 e. The summed E-state index contributed by atoms with van der Waals surface area (Å²) in [5.41, 5.74) is 2.21. The number of thiazole rings is 1. The second kappa shape index (κ2) is 4.45. The van der Waals surface area contributed by atoms with Gasteiger partial charge in [0.15, 0.2) is 4.80 Å². The zero-order valence-electron chi connectivity index (χ0n) is 9.18. The van der Waals surface area contributed by atoms with Crippen LogP contribution in [0.4, 0.5) is 0 Å². The Kier molecular flexibility index (Phi) is 3.01. The second-order valence-corrected chi connectivity index (χ2v) is 4.30. The molecule has 0 aliphatic heterocycles. The predicted molar refractivity (Wildman–Crippen MR) is 65.0 cm³/mol. The highest BCUT2D eigenvalue weighted by Gasteiger charge is 2.03. The van der Waals surface area contributed by atoms with Gasteiger partial charge in [-0.05, 0) is 5.56 Å². The van der Waals surface area contributed by atoms with Crippen LogP contribution in [0, 0.1) is 0 Å². The molecule has 0 atom stereocenters. The third-order valence-corrected chi connectivity index (χ3v) is 3.16. The van der Waals surface area contributed by atoms with Gasteiger partial charge < -0.3 is 4.57 Å². The lowest BCUT2D eigenvalue weighted by atomic mass is 10.2. The Hall–Kier alpha value is -1.68. The molecule has 1 amide bonds. The zero-order chi connectivity index (χ0) is 11.5. The van der Waals surface area contributed by atoms with Crippen LogP contribution in [0.5, 0.6) is 0 Å². The molecule has 4 heteroatoms. The second-order valence-electron chi connectivity index (χ2n) is 3.46. The van der Waals surface area contributed by atoms with Crippen LogP contribution in [0.3, 0.4) is 0 Å². The fourth-order valence-electron chi connectivity index (χ4n) is 1.48. The van der Waals surface area contributed by atoms with E-state index in [2.05, 4.69) is 4.99 Å². The maximum atomic E-state index is 10.9. The van der Waals surface area contributed by atoms with Crippen molar-refractivity contribution in [1.29, 1.82) is 0 Å². The first-order valence-corrected chi connectivity index (χ1v) is 5.81. The Labute approximate surface area is 97.7 Å². The first-order valence-electron chi connectivity index (χ1n) is 4.93. The van der Waals surface area contributed by atoms with Crippen LogP contribution < -0.4 is 4.80 Å². The number of nitrogens with zero attached hydrogens (tertiary/aromatic N) is 2. The Morgan fingerprint density at radius 2 is 2.00 bits per heavy atom. The summed E-state index contributed by atoms with van der Waals surface area (Å²) in [6.07, 6.45) is 0.